The van der Waals surface area contributed by atoms with Gasteiger partial charge in [0.1, 0.15) is 0 Å². The number of aromatic amines is 1. The standard InChI is InChI=1S/C22H25N3O3/c1-2-16-6-8-17(9-7-16)10-11-20(26)25-14-12-24(13-15-25)19-5-3-4-18-21(19)28-22(27)23-18/h3-9H,2,10-15H2,1H3,(H,23,27). The van der Waals surface area contributed by atoms with E-state index in [0.717, 1.165) is 31.6 Å². The highest BCUT2D eigenvalue weighted by Gasteiger charge is 2.23. The molecular weight excluding hydrogens is 354 g/mol. The largest absolute Gasteiger partial charge is 0.417 e. The van der Waals surface area contributed by atoms with Gasteiger partial charge in [-0.1, -0.05) is 37.3 Å². The Labute approximate surface area is 163 Å². The summed E-state index contributed by atoms with van der Waals surface area (Å²) in [5.41, 5.74) is 4.72. The van der Waals surface area contributed by atoms with Gasteiger partial charge in [0.05, 0.1) is 11.2 Å². The van der Waals surface area contributed by atoms with Crippen molar-refractivity contribution in [3.05, 3.63) is 64.1 Å². The minimum atomic E-state index is -0.441. The number of amides is 1. The first-order valence-electron chi connectivity index (χ1n) is 9.86. The molecule has 4 rings (SSSR count). The Morgan fingerprint density at radius 1 is 1.04 bits per heavy atom. The lowest BCUT2D eigenvalue weighted by Crippen LogP contribution is -2.48. The van der Waals surface area contributed by atoms with Crippen molar-refractivity contribution in [2.45, 2.75) is 26.2 Å². The Hall–Kier alpha value is -3.02. The number of benzene rings is 2. The number of anilines is 1. The summed E-state index contributed by atoms with van der Waals surface area (Å²) < 4.78 is 5.30. The van der Waals surface area contributed by atoms with Crippen molar-refractivity contribution in [2.24, 2.45) is 0 Å². The quantitative estimate of drug-likeness (QED) is 0.740. The first kappa shape index (κ1) is 18.3. The van der Waals surface area contributed by atoms with Crippen LogP contribution in [0.3, 0.4) is 0 Å². The van der Waals surface area contributed by atoms with Crippen molar-refractivity contribution < 1.29 is 9.21 Å². The lowest BCUT2D eigenvalue weighted by atomic mass is 10.1. The molecule has 1 aliphatic heterocycles. The highest BCUT2D eigenvalue weighted by atomic mass is 16.4. The van der Waals surface area contributed by atoms with Gasteiger partial charge in [-0.15, -0.1) is 0 Å². The second kappa shape index (κ2) is 7.92. The van der Waals surface area contributed by atoms with Crippen LogP contribution in [0.25, 0.3) is 11.1 Å². The molecule has 0 spiro atoms. The number of H-pyrrole nitrogens is 1. The monoisotopic (exact) mass is 379 g/mol. The summed E-state index contributed by atoms with van der Waals surface area (Å²) in [4.78, 5) is 30.9. The van der Waals surface area contributed by atoms with E-state index in [1.807, 2.05) is 23.1 Å². The van der Waals surface area contributed by atoms with Gasteiger partial charge in [0, 0.05) is 32.6 Å². The van der Waals surface area contributed by atoms with Crippen molar-refractivity contribution >= 4 is 22.7 Å². The van der Waals surface area contributed by atoms with Crippen molar-refractivity contribution in [1.82, 2.24) is 9.88 Å². The van der Waals surface area contributed by atoms with Crippen LogP contribution in [0.1, 0.15) is 24.5 Å². The number of carbonyl (C=O) groups is 1. The van der Waals surface area contributed by atoms with Crippen molar-refractivity contribution in [3.63, 3.8) is 0 Å². The summed E-state index contributed by atoms with van der Waals surface area (Å²) in [7, 11) is 0. The smallest absolute Gasteiger partial charge is 0.406 e. The van der Waals surface area contributed by atoms with Gasteiger partial charge in [0.15, 0.2) is 5.58 Å². The number of hydrogen-bond acceptors (Lipinski definition) is 4. The van der Waals surface area contributed by atoms with Crippen LogP contribution in [-0.4, -0.2) is 42.0 Å². The second-order valence-electron chi connectivity index (χ2n) is 7.21. The van der Waals surface area contributed by atoms with Crippen LogP contribution in [0.5, 0.6) is 0 Å². The third kappa shape index (κ3) is 3.81. The third-order valence-electron chi connectivity index (χ3n) is 5.46. The summed E-state index contributed by atoms with van der Waals surface area (Å²) in [6.07, 6.45) is 2.34. The topological polar surface area (TPSA) is 69.6 Å². The van der Waals surface area contributed by atoms with E-state index in [0.29, 0.717) is 30.6 Å². The predicted octanol–water partition coefficient (Wildman–Crippen LogP) is 2.96. The molecule has 0 unspecified atom stereocenters. The first-order chi connectivity index (χ1) is 13.6. The molecule has 1 aromatic heterocycles. The summed E-state index contributed by atoms with van der Waals surface area (Å²) in [6, 6.07) is 14.2. The van der Waals surface area contributed by atoms with Crippen LogP contribution < -0.4 is 10.7 Å². The van der Waals surface area contributed by atoms with Crippen LogP contribution >= 0.6 is 0 Å². The molecule has 6 heteroatoms. The van der Waals surface area contributed by atoms with Gasteiger partial charge in [-0.25, -0.2) is 4.79 Å². The van der Waals surface area contributed by atoms with E-state index in [4.69, 9.17) is 4.42 Å². The first-order valence-corrected chi connectivity index (χ1v) is 9.86. The molecule has 1 amide bonds. The Morgan fingerprint density at radius 3 is 2.46 bits per heavy atom. The Kier molecular flexibility index (Phi) is 5.19. The maximum absolute atomic E-state index is 12.6. The zero-order valence-electron chi connectivity index (χ0n) is 16.1. The second-order valence-corrected chi connectivity index (χ2v) is 7.21. The van der Waals surface area contributed by atoms with Gasteiger partial charge >= 0.3 is 5.76 Å². The van der Waals surface area contributed by atoms with Gasteiger partial charge in [-0.3, -0.25) is 9.78 Å². The molecule has 2 aromatic carbocycles. The van der Waals surface area contributed by atoms with Crippen LogP contribution in [-0.2, 0) is 17.6 Å². The molecule has 1 N–H and O–H groups in total. The van der Waals surface area contributed by atoms with Crippen molar-refractivity contribution in [1.29, 1.82) is 0 Å². The predicted molar refractivity (Wildman–Crippen MR) is 110 cm³/mol. The lowest BCUT2D eigenvalue weighted by molar-refractivity contribution is -0.131. The maximum Gasteiger partial charge on any atom is 0.417 e. The minimum Gasteiger partial charge on any atom is -0.406 e. The molecule has 0 bridgehead atoms. The zero-order chi connectivity index (χ0) is 19.5. The SMILES string of the molecule is CCc1ccc(CCC(=O)N2CCN(c3cccc4[nH]c(=O)oc34)CC2)cc1. The Morgan fingerprint density at radius 2 is 1.75 bits per heavy atom. The van der Waals surface area contributed by atoms with Gasteiger partial charge in [0.2, 0.25) is 5.91 Å². The highest BCUT2D eigenvalue weighted by molar-refractivity contribution is 5.86. The number of aromatic nitrogens is 1. The molecule has 28 heavy (non-hydrogen) atoms. The number of rotatable bonds is 5. The molecule has 0 radical (unpaired) electrons. The van der Waals surface area contributed by atoms with E-state index in [1.165, 1.54) is 11.1 Å². The summed E-state index contributed by atoms with van der Waals surface area (Å²) in [5.74, 6) is -0.242. The number of oxazole rings is 1. The maximum atomic E-state index is 12.6. The molecule has 1 fully saturated rings. The molecule has 0 aliphatic carbocycles. The number of nitrogens with zero attached hydrogens (tertiary/aromatic N) is 2. The van der Waals surface area contributed by atoms with Crippen LogP contribution in [0.4, 0.5) is 5.69 Å². The molecular formula is C22H25N3O3. The van der Waals surface area contributed by atoms with Gasteiger partial charge in [0.25, 0.3) is 0 Å². The normalized spacial score (nSPS) is 14.6. The zero-order valence-corrected chi connectivity index (χ0v) is 16.1. The lowest BCUT2D eigenvalue weighted by Gasteiger charge is -2.36. The van der Waals surface area contributed by atoms with Gasteiger partial charge in [-0.05, 0) is 36.1 Å². The van der Waals surface area contributed by atoms with Crippen LogP contribution in [0.2, 0.25) is 0 Å². The van der Waals surface area contributed by atoms with Gasteiger partial charge in [-0.2, -0.15) is 0 Å². The fraction of sp³-hybridized carbons (Fsp3) is 0.364. The van der Waals surface area contributed by atoms with E-state index in [1.54, 1.807) is 0 Å². The number of fused-ring (bicyclic) bond motifs is 1. The fourth-order valence-corrected chi connectivity index (χ4v) is 3.76. The molecule has 3 aromatic rings. The average molecular weight is 379 g/mol. The van der Waals surface area contributed by atoms with E-state index in [2.05, 4.69) is 41.1 Å². The van der Waals surface area contributed by atoms with Crippen LogP contribution in [0, 0.1) is 0 Å². The number of carbonyl (C=O) groups excluding carboxylic acids is 1. The number of nitrogens with one attached hydrogen (secondary N) is 1. The van der Waals surface area contributed by atoms with Crippen LogP contribution in [0.15, 0.2) is 51.7 Å². The minimum absolute atomic E-state index is 0.200. The number of aryl methyl sites for hydroxylation is 2. The van der Waals surface area contributed by atoms with Crippen molar-refractivity contribution in [2.75, 3.05) is 31.1 Å². The van der Waals surface area contributed by atoms with Crippen molar-refractivity contribution in [3.8, 4) is 0 Å². The molecule has 146 valence electrons. The summed E-state index contributed by atoms with van der Waals surface area (Å²) in [6.45, 7) is 4.95. The van der Waals surface area contributed by atoms with Gasteiger partial charge < -0.3 is 14.2 Å². The van der Waals surface area contributed by atoms with E-state index >= 15 is 0 Å². The molecule has 0 atom stereocenters. The average Bonchev–Trinajstić information content (AvgIpc) is 3.12. The third-order valence-corrected chi connectivity index (χ3v) is 5.46. The fourth-order valence-electron chi connectivity index (χ4n) is 3.76. The molecule has 1 saturated heterocycles. The van der Waals surface area contributed by atoms with E-state index in [9.17, 15) is 9.59 Å². The number of piperazine rings is 1. The molecule has 1 aliphatic rings. The Balaban J connectivity index is 1.34. The number of para-hydroxylation sites is 1. The molecule has 2 heterocycles. The number of hydrogen-bond donors (Lipinski definition) is 1. The van der Waals surface area contributed by atoms with E-state index < -0.39 is 5.76 Å². The Bertz CT molecular complexity index is 1010. The summed E-state index contributed by atoms with van der Waals surface area (Å²) in [5, 5.41) is 0. The summed E-state index contributed by atoms with van der Waals surface area (Å²) >= 11 is 0. The molecule has 6 nitrogen and oxygen atoms in total. The molecule has 0 saturated carbocycles. The van der Waals surface area contributed by atoms with E-state index in [-0.39, 0.29) is 5.91 Å². The highest BCUT2D eigenvalue weighted by Crippen LogP contribution is 2.26.